The fourth-order valence-corrected chi connectivity index (χ4v) is 2.77. The van der Waals surface area contributed by atoms with Crippen LogP contribution in [0.3, 0.4) is 0 Å². The Morgan fingerprint density at radius 3 is 2.50 bits per heavy atom. The summed E-state index contributed by atoms with van der Waals surface area (Å²) in [4.78, 5) is 0. The van der Waals surface area contributed by atoms with Crippen molar-refractivity contribution >= 4 is 0 Å². The van der Waals surface area contributed by atoms with Gasteiger partial charge in [0.2, 0.25) is 0 Å². The summed E-state index contributed by atoms with van der Waals surface area (Å²) >= 11 is 0. The molecule has 0 aromatic rings. The van der Waals surface area contributed by atoms with E-state index in [1.165, 1.54) is 32.1 Å². The van der Waals surface area contributed by atoms with Gasteiger partial charge in [0.25, 0.3) is 0 Å². The maximum absolute atomic E-state index is 9.89. The SMILES string of the molecule is CC(C)CCCCNCC(O)COC1CCC(C)CC1. The van der Waals surface area contributed by atoms with Gasteiger partial charge in [-0.15, -0.1) is 0 Å². The summed E-state index contributed by atoms with van der Waals surface area (Å²) in [7, 11) is 0. The van der Waals surface area contributed by atoms with Crippen LogP contribution >= 0.6 is 0 Å². The molecule has 2 N–H and O–H groups in total. The minimum atomic E-state index is -0.362. The van der Waals surface area contributed by atoms with E-state index in [1.54, 1.807) is 0 Å². The molecule has 0 aromatic carbocycles. The van der Waals surface area contributed by atoms with Crippen LogP contribution in [0.15, 0.2) is 0 Å². The molecule has 0 amide bonds. The van der Waals surface area contributed by atoms with E-state index in [2.05, 4.69) is 26.1 Å². The zero-order valence-corrected chi connectivity index (χ0v) is 13.7. The first-order chi connectivity index (χ1) is 9.58. The molecule has 0 spiro atoms. The average molecular weight is 285 g/mol. The van der Waals surface area contributed by atoms with E-state index in [4.69, 9.17) is 4.74 Å². The van der Waals surface area contributed by atoms with Crippen molar-refractivity contribution in [1.29, 1.82) is 0 Å². The van der Waals surface area contributed by atoms with Crippen molar-refractivity contribution in [2.75, 3.05) is 19.7 Å². The highest BCUT2D eigenvalue weighted by molar-refractivity contribution is 4.71. The Morgan fingerprint density at radius 1 is 1.15 bits per heavy atom. The molecule has 1 atom stereocenters. The summed E-state index contributed by atoms with van der Waals surface area (Å²) in [5, 5.41) is 13.2. The lowest BCUT2D eigenvalue weighted by molar-refractivity contribution is -0.0277. The minimum absolute atomic E-state index is 0.362. The normalized spacial score (nSPS) is 25.1. The molecular formula is C17H35NO2. The highest BCUT2D eigenvalue weighted by Gasteiger charge is 2.19. The van der Waals surface area contributed by atoms with Crippen LogP contribution in [-0.2, 0) is 4.74 Å². The highest BCUT2D eigenvalue weighted by Crippen LogP contribution is 2.25. The standard InChI is InChI=1S/C17H35NO2/c1-14(2)6-4-5-11-18-12-16(19)13-20-17-9-7-15(3)8-10-17/h14-19H,4-13H2,1-3H3. The van der Waals surface area contributed by atoms with Crippen molar-refractivity contribution in [1.82, 2.24) is 5.32 Å². The second kappa shape index (κ2) is 10.6. The van der Waals surface area contributed by atoms with Gasteiger partial charge in [0.05, 0.1) is 18.8 Å². The molecule has 0 heterocycles. The Balaban J connectivity index is 1.91. The summed E-state index contributed by atoms with van der Waals surface area (Å²) in [6.45, 7) is 8.99. The summed E-state index contributed by atoms with van der Waals surface area (Å²) in [6.07, 6.45) is 8.67. The molecule has 1 saturated carbocycles. The average Bonchev–Trinajstić information content (AvgIpc) is 2.41. The van der Waals surface area contributed by atoms with E-state index in [0.29, 0.717) is 19.3 Å². The lowest BCUT2D eigenvalue weighted by atomic mass is 9.89. The third-order valence-electron chi connectivity index (χ3n) is 4.25. The minimum Gasteiger partial charge on any atom is -0.389 e. The van der Waals surface area contributed by atoms with Crippen molar-refractivity contribution in [3.63, 3.8) is 0 Å². The number of aliphatic hydroxyl groups excluding tert-OH is 1. The van der Waals surface area contributed by atoms with Gasteiger partial charge in [0, 0.05) is 6.54 Å². The smallest absolute Gasteiger partial charge is 0.0897 e. The molecule has 120 valence electrons. The molecule has 20 heavy (non-hydrogen) atoms. The Morgan fingerprint density at radius 2 is 1.85 bits per heavy atom. The van der Waals surface area contributed by atoms with Crippen LogP contribution in [0, 0.1) is 11.8 Å². The maximum atomic E-state index is 9.89. The van der Waals surface area contributed by atoms with E-state index in [0.717, 1.165) is 31.2 Å². The van der Waals surface area contributed by atoms with Crippen LogP contribution in [0.25, 0.3) is 0 Å². The summed E-state index contributed by atoms with van der Waals surface area (Å²) in [5.41, 5.74) is 0. The predicted molar refractivity (Wildman–Crippen MR) is 84.9 cm³/mol. The second-order valence-corrected chi connectivity index (χ2v) is 6.96. The molecule has 0 radical (unpaired) electrons. The molecule has 0 aromatic heterocycles. The van der Waals surface area contributed by atoms with Crippen molar-refractivity contribution in [2.24, 2.45) is 11.8 Å². The molecule has 1 aliphatic carbocycles. The van der Waals surface area contributed by atoms with Crippen LogP contribution in [0.2, 0.25) is 0 Å². The van der Waals surface area contributed by atoms with Gasteiger partial charge >= 0.3 is 0 Å². The summed E-state index contributed by atoms with van der Waals surface area (Å²) < 4.78 is 5.81. The number of hydrogen-bond donors (Lipinski definition) is 2. The summed E-state index contributed by atoms with van der Waals surface area (Å²) in [6, 6.07) is 0. The Bertz CT molecular complexity index is 225. The van der Waals surface area contributed by atoms with Gasteiger partial charge in [-0.25, -0.2) is 0 Å². The van der Waals surface area contributed by atoms with Crippen molar-refractivity contribution < 1.29 is 9.84 Å². The first kappa shape index (κ1) is 17.9. The van der Waals surface area contributed by atoms with Crippen LogP contribution in [0.4, 0.5) is 0 Å². The monoisotopic (exact) mass is 285 g/mol. The largest absolute Gasteiger partial charge is 0.389 e. The predicted octanol–water partition coefficient (Wildman–Crippen LogP) is 3.36. The number of aliphatic hydroxyl groups is 1. The third kappa shape index (κ3) is 8.93. The van der Waals surface area contributed by atoms with Crippen LogP contribution in [-0.4, -0.2) is 37.0 Å². The number of ether oxygens (including phenoxy) is 1. The lowest BCUT2D eigenvalue weighted by Crippen LogP contribution is -2.33. The van der Waals surface area contributed by atoms with Gasteiger partial charge < -0.3 is 15.2 Å². The zero-order chi connectivity index (χ0) is 14.8. The Hall–Kier alpha value is -0.120. The summed E-state index contributed by atoms with van der Waals surface area (Å²) in [5.74, 6) is 1.65. The van der Waals surface area contributed by atoms with Gasteiger partial charge in [0.15, 0.2) is 0 Å². The van der Waals surface area contributed by atoms with Crippen LogP contribution < -0.4 is 5.32 Å². The van der Waals surface area contributed by atoms with Crippen LogP contribution in [0.5, 0.6) is 0 Å². The third-order valence-corrected chi connectivity index (χ3v) is 4.25. The van der Waals surface area contributed by atoms with Crippen LogP contribution in [0.1, 0.15) is 65.7 Å². The lowest BCUT2D eigenvalue weighted by Gasteiger charge is -2.27. The topological polar surface area (TPSA) is 41.5 Å². The van der Waals surface area contributed by atoms with E-state index in [9.17, 15) is 5.11 Å². The molecule has 3 nitrogen and oxygen atoms in total. The first-order valence-electron chi connectivity index (χ1n) is 8.58. The van der Waals surface area contributed by atoms with E-state index < -0.39 is 0 Å². The molecular weight excluding hydrogens is 250 g/mol. The van der Waals surface area contributed by atoms with Gasteiger partial charge in [-0.1, -0.05) is 33.6 Å². The number of rotatable bonds is 10. The Labute approximate surface area is 125 Å². The van der Waals surface area contributed by atoms with Crippen molar-refractivity contribution in [3.05, 3.63) is 0 Å². The number of nitrogens with one attached hydrogen (secondary N) is 1. The van der Waals surface area contributed by atoms with Crippen molar-refractivity contribution in [3.8, 4) is 0 Å². The zero-order valence-electron chi connectivity index (χ0n) is 13.7. The highest BCUT2D eigenvalue weighted by atomic mass is 16.5. The quantitative estimate of drug-likeness (QED) is 0.605. The van der Waals surface area contributed by atoms with Crippen molar-refractivity contribution in [2.45, 2.75) is 77.9 Å². The molecule has 0 bridgehead atoms. The molecule has 3 heteroatoms. The van der Waals surface area contributed by atoms with Gasteiger partial charge in [0.1, 0.15) is 0 Å². The first-order valence-corrected chi connectivity index (χ1v) is 8.58. The van der Waals surface area contributed by atoms with Gasteiger partial charge in [-0.3, -0.25) is 0 Å². The number of unbranched alkanes of at least 4 members (excludes halogenated alkanes) is 1. The van der Waals surface area contributed by atoms with E-state index >= 15 is 0 Å². The second-order valence-electron chi connectivity index (χ2n) is 6.96. The Kier molecular flexibility index (Phi) is 9.49. The molecule has 0 saturated heterocycles. The van der Waals surface area contributed by atoms with Gasteiger partial charge in [-0.2, -0.15) is 0 Å². The molecule has 1 fully saturated rings. The molecule has 1 unspecified atom stereocenters. The van der Waals surface area contributed by atoms with E-state index in [1.807, 2.05) is 0 Å². The molecule has 0 aliphatic heterocycles. The number of hydrogen-bond acceptors (Lipinski definition) is 3. The van der Waals surface area contributed by atoms with E-state index in [-0.39, 0.29) is 6.10 Å². The fourth-order valence-electron chi connectivity index (χ4n) is 2.77. The molecule has 1 rings (SSSR count). The maximum Gasteiger partial charge on any atom is 0.0897 e. The molecule has 1 aliphatic rings. The van der Waals surface area contributed by atoms with Gasteiger partial charge in [-0.05, 0) is 50.5 Å². The fraction of sp³-hybridized carbons (Fsp3) is 1.00.